The molecule has 1 N–H and O–H groups in total. The van der Waals surface area contributed by atoms with Crippen LogP contribution in [0.2, 0.25) is 0 Å². The molecule has 0 aliphatic heterocycles. The largest absolute Gasteiger partial charge is 0.490 e. The Bertz CT molecular complexity index is 813. The van der Waals surface area contributed by atoms with Gasteiger partial charge < -0.3 is 14.6 Å². The summed E-state index contributed by atoms with van der Waals surface area (Å²) in [5.74, 6) is 3.41. The zero-order valence-corrected chi connectivity index (χ0v) is 22.5. The molecule has 0 amide bonds. The van der Waals surface area contributed by atoms with Crippen LogP contribution in [0.3, 0.4) is 0 Å². The Morgan fingerprint density at radius 3 is 2.33 bits per heavy atom. The summed E-state index contributed by atoms with van der Waals surface area (Å²) < 4.78 is 11.0. The summed E-state index contributed by atoms with van der Waals surface area (Å²) in [4.78, 5) is 11.2. The molecule has 4 nitrogen and oxygen atoms in total. The number of rotatable bonds is 14. The molecule has 3 rings (SSSR count). The summed E-state index contributed by atoms with van der Waals surface area (Å²) in [6.45, 7) is 6.26. The van der Waals surface area contributed by atoms with Gasteiger partial charge in [0.25, 0.3) is 0 Å². The number of allylic oxidation sites excluding steroid dienone is 2. The van der Waals surface area contributed by atoms with E-state index < -0.39 is 5.97 Å². The van der Waals surface area contributed by atoms with Gasteiger partial charge in [0.05, 0.1) is 0 Å². The van der Waals surface area contributed by atoms with E-state index in [9.17, 15) is 9.90 Å². The molecule has 0 saturated heterocycles. The maximum absolute atomic E-state index is 11.2. The first-order chi connectivity index (χ1) is 17.6. The molecule has 200 valence electrons. The molecule has 2 aliphatic carbocycles. The van der Waals surface area contributed by atoms with Crippen molar-refractivity contribution in [2.45, 2.75) is 96.3 Å². The highest BCUT2D eigenvalue weighted by atomic mass is 16.6. The standard InChI is InChI=1S/C32H48O4/c1-3-5-6-7-25-8-10-26(11-9-25)12-13-27-14-16-28(17-15-27)30-19-18-29(20-21-33)31(24-30)35-22-23-36-32(34)4-2/h4,12-13,18-19,24-28,33H,2-3,5-11,14-17,20-23H2,1H3/b13-12+. The number of carbonyl (C=O) groups is 1. The van der Waals surface area contributed by atoms with Crippen LogP contribution < -0.4 is 4.74 Å². The second-order valence-electron chi connectivity index (χ2n) is 10.8. The van der Waals surface area contributed by atoms with Crippen LogP contribution in [-0.4, -0.2) is 30.9 Å². The summed E-state index contributed by atoms with van der Waals surface area (Å²) in [5, 5.41) is 9.43. The summed E-state index contributed by atoms with van der Waals surface area (Å²) >= 11 is 0. The lowest BCUT2D eigenvalue weighted by Crippen LogP contribution is -2.15. The van der Waals surface area contributed by atoms with Crippen molar-refractivity contribution in [3.8, 4) is 5.75 Å². The molecule has 0 atom stereocenters. The lowest BCUT2D eigenvalue weighted by molar-refractivity contribution is -0.138. The molecule has 0 aromatic heterocycles. The fraction of sp³-hybridized carbons (Fsp3) is 0.656. The highest BCUT2D eigenvalue weighted by Gasteiger charge is 2.23. The number of benzene rings is 1. The van der Waals surface area contributed by atoms with Gasteiger partial charge in [-0.25, -0.2) is 4.79 Å². The molecule has 36 heavy (non-hydrogen) atoms. The molecule has 0 spiro atoms. The number of unbranched alkanes of at least 4 members (excludes halogenated alkanes) is 2. The van der Waals surface area contributed by atoms with Crippen molar-refractivity contribution in [3.63, 3.8) is 0 Å². The van der Waals surface area contributed by atoms with E-state index in [0.717, 1.165) is 29.2 Å². The third-order valence-corrected chi connectivity index (χ3v) is 8.23. The van der Waals surface area contributed by atoms with Crippen LogP contribution >= 0.6 is 0 Å². The van der Waals surface area contributed by atoms with E-state index in [1.165, 1.54) is 82.6 Å². The van der Waals surface area contributed by atoms with Gasteiger partial charge in [0.1, 0.15) is 19.0 Å². The monoisotopic (exact) mass is 496 g/mol. The average Bonchev–Trinajstić information content (AvgIpc) is 2.92. The van der Waals surface area contributed by atoms with Crippen molar-refractivity contribution in [1.82, 2.24) is 0 Å². The number of esters is 1. The molecule has 2 aliphatic rings. The van der Waals surface area contributed by atoms with E-state index in [2.05, 4.69) is 43.9 Å². The maximum atomic E-state index is 11.2. The topological polar surface area (TPSA) is 55.8 Å². The van der Waals surface area contributed by atoms with Gasteiger partial charge in [0.2, 0.25) is 0 Å². The molecule has 1 aromatic rings. The van der Waals surface area contributed by atoms with Gasteiger partial charge in [-0.05, 0) is 98.7 Å². The molecule has 2 fully saturated rings. The SMILES string of the molecule is C=CC(=O)OCCOc1cc(C2CCC(/C=C/C3CCC(CCCCC)CC3)CC2)ccc1CCO. The molecular formula is C32H48O4. The highest BCUT2D eigenvalue weighted by molar-refractivity contribution is 5.81. The zero-order valence-electron chi connectivity index (χ0n) is 22.5. The van der Waals surface area contributed by atoms with Gasteiger partial charge in [-0.3, -0.25) is 0 Å². The fourth-order valence-corrected chi connectivity index (χ4v) is 5.95. The van der Waals surface area contributed by atoms with Crippen molar-refractivity contribution in [2.75, 3.05) is 19.8 Å². The molecule has 0 radical (unpaired) electrons. The van der Waals surface area contributed by atoms with Gasteiger partial charge in [-0.15, -0.1) is 0 Å². The summed E-state index contributed by atoms with van der Waals surface area (Å²) in [6, 6.07) is 6.43. The Morgan fingerprint density at radius 1 is 1.00 bits per heavy atom. The summed E-state index contributed by atoms with van der Waals surface area (Å²) in [5.41, 5.74) is 2.31. The number of hydrogen-bond donors (Lipinski definition) is 1. The maximum Gasteiger partial charge on any atom is 0.330 e. The minimum Gasteiger partial charge on any atom is -0.490 e. The smallest absolute Gasteiger partial charge is 0.330 e. The third kappa shape index (κ3) is 9.42. The predicted octanol–water partition coefficient (Wildman–Crippen LogP) is 7.55. The first-order valence-electron chi connectivity index (χ1n) is 14.5. The first-order valence-corrected chi connectivity index (χ1v) is 14.5. The van der Waals surface area contributed by atoms with E-state index in [4.69, 9.17) is 9.47 Å². The van der Waals surface area contributed by atoms with Crippen LogP contribution in [0.25, 0.3) is 0 Å². The third-order valence-electron chi connectivity index (χ3n) is 8.23. The van der Waals surface area contributed by atoms with Crippen LogP contribution in [0.5, 0.6) is 5.75 Å². The van der Waals surface area contributed by atoms with Gasteiger partial charge >= 0.3 is 5.97 Å². The predicted molar refractivity (Wildman–Crippen MR) is 147 cm³/mol. The van der Waals surface area contributed by atoms with E-state index in [1.54, 1.807) is 0 Å². The van der Waals surface area contributed by atoms with Crippen LogP contribution in [0.1, 0.15) is 101 Å². The summed E-state index contributed by atoms with van der Waals surface area (Å²) in [6.07, 6.45) is 23.0. The number of aliphatic hydroxyl groups excluding tert-OH is 1. The molecule has 0 bridgehead atoms. The van der Waals surface area contributed by atoms with E-state index in [1.807, 2.05) is 0 Å². The Morgan fingerprint density at radius 2 is 1.69 bits per heavy atom. The normalized spacial score (nSPS) is 24.5. The van der Waals surface area contributed by atoms with Crippen LogP contribution in [0.4, 0.5) is 0 Å². The number of aliphatic hydroxyl groups is 1. The Balaban J connectivity index is 1.45. The molecule has 1 aromatic carbocycles. The van der Waals surface area contributed by atoms with Gasteiger partial charge in [-0.1, -0.05) is 63.5 Å². The van der Waals surface area contributed by atoms with Crippen molar-refractivity contribution >= 4 is 5.97 Å². The van der Waals surface area contributed by atoms with Gasteiger partial charge in [-0.2, -0.15) is 0 Å². The van der Waals surface area contributed by atoms with Crippen molar-refractivity contribution in [2.24, 2.45) is 17.8 Å². The fourth-order valence-electron chi connectivity index (χ4n) is 5.95. The molecule has 0 unspecified atom stereocenters. The highest BCUT2D eigenvalue weighted by Crippen LogP contribution is 2.39. The minimum atomic E-state index is -0.441. The van der Waals surface area contributed by atoms with Crippen LogP contribution in [-0.2, 0) is 16.0 Å². The Kier molecular flexibility index (Phi) is 12.6. The molecule has 0 heterocycles. The van der Waals surface area contributed by atoms with E-state index in [0.29, 0.717) is 24.9 Å². The second kappa shape index (κ2) is 15.9. The number of hydrogen-bond acceptors (Lipinski definition) is 4. The molecule has 4 heteroatoms. The lowest BCUT2D eigenvalue weighted by Gasteiger charge is -2.29. The number of ether oxygens (including phenoxy) is 2. The average molecular weight is 497 g/mol. The molecular weight excluding hydrogens is 448 g/mol. The Hall–Kier alpha value is -2.07. The van der Waals surface area contributed by atoms with E-state index in [-0.39, 0.29) is 13.2 Å². The van der Waals surface area contributed by atoms with E-state index >= 15 is 0 Å². The molecule has 2 saturated carbocycles. The van der Waals surface area contributed by atoms with Crippen molar-refractivity contribution in [1.29, 1.82) is 0 Å². The quantitative estimate of drug-likeness (QED) is 0.125. The summed E-state index contributed by atoms with van der Waals surface area (Å²) in [7, 11) is 0. The second-order valence-corrected chi connectivity index (χ2v) is 10.8. The van der Waals surface area contributed by atoms with Crippen molar-refractivity contribution < 1.29 is 19.4 Å². The van der Waals surface area contributed by atoms with Crippen molar-refractivity contribution in [3.05, 3.63) is 54.1 Å². The zero-order chi connectivity index (χ0) is 25.6. The number of carbonyl (C=O) groups excluding carboxylic acids is 1. The van der Waals surface area contributed by atoms with Gasteiger partial charge in [0.15, 0.2) is 0 Å². The lowest BCUT2D eigenvalue weighted by atomic mass is 9.76. The van der Waals surface area contributed by atoms with Gasteiger partial charge in [0, 0.05) is 12.7 Å². The minimum absolute atomic E-state index is 0.0824. The van der Waals surface area contributed by atoms with Crippen LogP contribution in [0.15, 0.2) is 43.0 Å². The first kappa shape index (κ1) is 28.5. The van der Waals surface area contributed by atoms with Crippen LogP contribution in [0, 0.1) is 17.8 Å². The Labute approximate surface area is 219 Å².